The van der Waals surface area contributed by atoms with Gasteiger partial charge in [0.05, 0.1) is 0 Å². The van der Waals surface area contributed by atoms with Crippen molar-refractivity contribution in [2.75, 3.05) is 13.6 Å². The molecule has 3 aromatic rings. The number of carbonyl (C=O) groups excluding carboxylic acids is 8. The highest BCUT2D eigenvalue weighted by atomic mass is 16.6. The molecule has 0 aliphatic rings. The lowest BCUT2D eigenvalue weighted by Crippen LogP contribution is -2.57. The summed E-state index contributed by atoms with van der Waals surface area (Å²) in [5, 5.41) is 20.5. The first-order chi connectivity index (χ1) is 30.2. The molecule has 17 nitrogen and oxygen atoms in total. The summed E-state index contributed by atoms with van der Waals surface area (Å²) in [4.78, 5) is 106. The predicted octanol–water partition coefficient (Wildman–Crippen LogP) is 2.84. The van der Waals surface area contributed by atoms with E-state index in [1.165, 1.54) is 33.0 Å². The van der Waals surface area contributed by atoms with E-state index in [4.69, 9.17) is 4.74 Å². The fraction of sp³-hybridized carbons (Fsp3) is 0.362. The summed E-state index contributed by atoms with van der Waals surface area (Å²) in [6.07, 6.45) is 2.13. The molecule has 0 saturated carbocycles. The highest BCUT2D eigenvalue weighted by Crippen LogP contribution is 2.12. The van der Waals surface area contributed by atoms with Crippen LogP contribution in [0.1, 0.15) is 71.6 Å². The van der Waals surface area contributed by atoms with Crippen molar-refractivity contribution in [3.8, 4) is 0 Å². The number of hydrogen-bond donors (Lipinski definition) is 8. The Bertz CT molecular complexity index is 2150. The minimum absolute atomic E-state index is 0.00604. The molecule has 0 fully saturated rings. The molecule has 4 atom stereocenters. The number of likely N-dealkylation sites (N-methyl/N-ethyl adjacent to an activating group) is 1. The van der Waals surface area contributed by atoms with E-state index in [2.05, 4.69) is 42.5 Å². The maximum Gasteiger partial charge on any atom is 0.408 e. The number of carbonyl (C=O) groups is 8. The van der Waals surface area contributed by atoms with Crippen molar-refractivity contribution in [2.24, 2.45) is 5.92 Å². The molecule has 3 aromatic carbocycles. The normalized spacial score (nSPS) is 13.5. The van der Waals surface area contributed by atoms with Crippen LogP contribution < -0.4 is 42.5 Å². The Morgan fingerprint density at radius 3 is 1.53 bits per heavy atom. The van der Waals surface area contributed by atoms with Gasteiger partial charge >= 0.3 is 6.09 Å². The molecule has 17 heteroatoms. The van der Waals surface area contributed by atoms with Crippen LogP contribution in [-0.4, -0.2) is 90.8 Å². The van der Waals surface area contributed by atoms with Gasteiger partial charge in [0.2, 0.25) is 29.5 Å². The second-order valence-corrected chi connectivity index (χ2v) is 16.3. The molecular weight excluding hydrogens is 821 g/mol. The number of benzene rings is 3. The number of rotatable bonds is 20. The van der Waals surface area contributed by atoms with Crippen LogP contribution in [-0.2, 0) is 44.7 Å². The lowest BCUT2D eigenvalue weighted by Gasteiger charge is -2.26. The molecule has 0 heterocycles. The Labute approximate surface area is 374 Å². The van der Waals surface area contributed by atoms with Crippen molar-refractivity contribution >= 4 is 59.6 Å². The molecule has 342 valence electrons. The van der Waals surface area contributed by atoms with Crippen LogP contribution >= 0.6 is 0 Å². The molecule has 3 rings (SSSR count). The van der Waals surface area contributed by atoms with E-state index in [0.29, 0.717) is 16.7 Å². The number of ether oxygens (including phenoxy) is 1. The maximum absolute atomic E-state index is 14.2. The van der Waals surface area contributed by atoms with E-state index in [-0.39, 0.29) is 30.2 Å². The second-order valence-electron chi connectivity index (χ2n) is 16.3. The van der Waals surface area contributed by atoms with Crippen molar-refractivity contribution in [2.45, 2.75) is 91.1 Å². The van der Waals surface area contributed by atoms with E-state index in [1.807, 2.05) is 13.8 Å². The lowest BCUT2D eigenvalue weighted by molar-refractivity contribution is -0.133. The first-order valence-electron chi connectivity index (χ1n) is 20.8. The highest BCUT2D eigenvalue weighted by molar-refractivity contribution is 6.05. The maximum atomic E-state index is 14.2. The van der Waals surface area contributed by atoms with Crippen molar-refractivity contribution in [1.82, 2.24) is 42.5 Å². The van der Waals surface area contributed by atoms with Crippen molar-refractivity contribution in [3.05, 3.63) is 119 Å². The van der Waals surface area contributed by atoms with Crippen LogP contribution in [0.15, 0.2) is 102 Å². The standard InChI is InChI=1S/C47H60N8O9/c1-29(2)24-35(44(61)55-37(26-33-20-14-10-15-21-33)43(60)50-30(3)40(57)48-8)54-45(62)38(27-34-22-16-11-17-23-34)53-41(58)31(4)51-42(59)36(25-32-18-12-9-13-19-32)52-39(56)28-49-46(63)64-47(5,6)7/h9-23,25-26,29-31,35,38H,24,27-28H2,1-8H3,(H,48,57)(H,49,63)(H,50,60)(H,51,59)(H,52,56)(H,53,58)(H,54,62)(H,55,61)/b36-25+,37-26+/t30-,31-,35-,38-/m0/s1. The number of hydrogen-bond acceptors (Lipinski definition) is 9. The molecule has 0 radical (unpaired) electrons. The van der Waals surface area contributed by atoms with E-state index in [0.717, 1.165) is 0 Å². The second kappa shape index (κ2) is 25.0. The van der Waals surface area contributed by atoms with Gasteiger partial charge in [0.15, 0.2) is 0 Å². The lowest BCUT2D eigenvalue weighted by atomic mass is 10.0. The van der Waals surface area contributed by atoms with Crippen LogP contribution in [0.5, 0.6) is 0 Å². The number of nitrogens with one attached hydrogen (secondary N) is 8. The van der Waals surface area contributed by atoms with Gasteiger partial charge in [0.25, 0.3) is 11.8 Å². The van der Waals surface area contributed by atoms with Crippen molar-refractivity contribution in [3.63, 3.8) is 0 Å². The largest absolute Gasteiger partial charge is 0.444 e. The minimum atomic E-state index is -1.26. The first kappa shape index (κ1) is 51.1. The molecule has 0 bridgehead atoms. The Morgan fingerprint density at radius 1 is 0.578 bits per heavy atom. The average Bonchev–Trinajstić information content (AvgIpc) is 3.24. The van der Waals surface area contributed by atoms with Gasteiger partial charge in [-0.1, -0.05) is 105 Å². The number of alkyl carbamates (subject to hydrolysis) is 1. The van der Waals surface area contributed by atoms with Crippen molar-refractivity contribution in [1.29, 1.82) is 0 Å². The summed E-state index contributed by atoms with van der Waals surface area (Å²) in [6, 6.07) is 21.5. The predicted molar refractivity (Wildman–Crippen MR) is 242 cm³/mol. The molecule has 8 N–H and O–H groups in total. The molecule has 0 spiro atoms. The molecule has 0 aliphatic carbocycles. The molecule has 8 amide bonds. The van der Waals surface area contributed by atoms with Gasteiger partial charge in [-0.2, -0.15) is 0 Å². The zero-order valence-corrected chi connectivity index (χ0v) is 37.5. The topological polar surface area (TPSA) is 242 Å². The minimum Gasteiger partial charge on any atom is -0.444 e. The zero-order chi connectivity index (χ0) is 47.4. The van der Waals surface area contributed by atoms with E-state index in [1.54, 1.807) is 112 Å². The third kappa shape index (κ3) is 18.4. The molecule has 64 heavy (non-hydrogen) atoms. The Hall–Kier alpha value is -7.30. The highest BCUT2D eigenvalue weighted by Gasteiger charge is 2.31. The Kier molecular flexibility index (Phi) is 19.9. The van der Waals surface area contributed by atoms with Gasteiger partial charge < -0.3 is 47.3 Å². The van der Waals surface area contributed by atoms with E-state index < -0.39 is 83.8 Å². The average molecular weight is 881 g/mol. The Morgan fingerprint density at radius 2 is 1.05 bits per heavy atom. The van der Waals surface area contributed by atoms with Crippen LogP contribution in [0.3, 0.4) is 0 Å². The molecule has 0 aliphatic heterocycles. The molecule has 0 unspecified atom stereocenters. The van der Waals surface area contributed by atoms with Gasteiger partial charge in [-0.05, 0) is 75.8 Å². The quantitative estimate of drug-likeness (QED) is 0.0778. The van der Waals surface area contributed by atoms with Crippen LogP contribution in [0.4, 0.5) is 4.79 Å². The van der Waals surface area contributed by atoms with Gasteiger partial charge in [-0.3, -0.25) is 33.6 Å². The Balaban J connectivity index is 1.85. The van der Waals surface area contributed by atoms with E-state index >= 15 is 0 Å². The van der Waals surface area contributed by atoms with Crippen molar-refractivity contribution < 1.29 is 43.1 Å². The van der Waals surface area contributed by atoms with Crippen LogP contribution in [0.2, 0.25) is 0 Å². The summed E-state index contributed by atoms with van der Waals surface area (Å²) in [5.41, 5.74) is 0.587. The number of amides is 8. The summed E-state index contributed by atoms with van der Waals surface area (Å²) in [5.74, 6) is -5.12. The first-order valence-corrected chi connectivity index (χ1v) is 20.8. The zero-order valence-electron chi connectivity index (χ0n) is 37.5. The third-order valence-corrected chi connectivity index (χ3v) is 9.02. The summed E-state index contributed by atoms with van der Waals surface area (Å²) < 4.78 is 5.17. The van der Waals surface area contributed by atoms with Gasteiger partial charge in [-0.15, -0.1) is 0 Å². The summed E-state index contributed by atoms with van der Waals surface area (Å²) >= 11 is 0. The summed E-state index contributed by atoms with van der Waals surface area (Å²) in [6.45, 7) is 11.0. The van der Waals surface area contributed by atoms with Gasteiger partial charge in [0.1, 0.15) is 47.7 Å². The molecule has 0 aromatic heterocycles. The van der Waals surface area contributed by atoms with E-state index in [9.17, 15) is 38.4 Å². The molecule has 0 saturated heterocycles. The molecular formula is C47H60N8O9. The fourth-order valence-electron chi connectivity index (χ4n) is 5.86. The van der Waals surface area contributed by atoms with Gasteiger partial charge in [-0.25, -0.2) is 4.79 Å². The smallest absolute Gasteiger partial charge is 0.408 e. The fourth-order valence-corrected chi connectivity index (χ4v) is 5.86. The SMILES string of the molecule is CNC(=O)[C@H](C)NC(=O)/C(=C\c1ccccc1)NC(=O)[C@H](CC(C)C)NC(=O)[C@H](Cc1ccccc1)NC(=O)[C@H](C)NC(=O)/C(=C\c1ccccc1)NC(=O)CNC(=O)OC(C)(C)C. The van der Waals surface area contributed by atoms with Crippen LogP contribution in [0, 0.1) is 5.92 Å². The monoisotopic (exact) mass is 880 g/mol. The van der Waals surface area contributed by atoms with Gasteiger partial charge in [0, 0.05) is 13.5 Å². The third-order valence-electron chi connectivity index (χ3n) is 9.02. The van der Waals surface area contributed by atoms with Crippen LogP contribution in [0.25, 0.3) is 12.2 Å². The summed E-state index contributed by atoms with van der Waals surface area (Å²) in [7, 11) is 1.43.